The van der Waals surface area contributed by atoms with Crippen molar-refractivity contribution in [3.8, 4) is 0 Å². The third-order valence-electron chi connectivity index (χ3n) is 4.01. The van der Waals surface area contributed by atoms with Gasteiger partial charge in [0.05, 0.1) is 25.0 Å². The lowest BCUT2D eigenvalue weighted by molar-refractivity contribution is -0.149. The van der Waals surface area contributed by atoms with Crippen LogP contribution in [0.1, 0.15) is 79.1 Å². The predicted octanol–water partition coefficient (Wildman–Crippen LogP) is 5.06. The summed E-state index contributed by atoms with van der Waals surface area (Å²) < 4.78 is 10.5. The number of esters is 2. The lowest BCUT2D eigenvalue weighted by Gasteiger charge is -2.10. The average Bonchev–Trinajstić information content (AvgIpc) is 2.59. The first kappa shape index (κ1) is 22.7. The van der Waals surface area contributed by atoms with E-state index < -0.39 is 0 Å². The van der Waals surface area contributed by atoms with E-state index >= 15 is 0 Å². The lowest BCUT2D eigenvalue weighted by atomic mass is 10.1. The van der Waals surface area contributed by atoms with Crippen LogP contribution < -0.4 is 0 Å². The molecule has 0 aliphatic rings. The van der Waals surface area contributed by atoms with Gasteiger partial charge in [-0.05, 0) is 25.7 Å². The van der Waals surface area contributed by atoms with E-state index in [9.17, 15) is 9.59 Å². The Bertz CT molecular complexity index is 329. The minimum atomic E-state index is -0.105. The molecule has 0 bridgehead atoms. The van der Waals surface area contributed by atoms with E-state index in [-0.39, 0.29) is 23.8 Å². The molecule has 0 fully saturated rings. The van der Waals surface area contributed by atoms with E-state index in [1.54, 1.807) is 0 Å². The van der Waals surface area contributed by atoms with Gasteiger partial charge in [-0.3, -0.25) is 9.59 Å². The van der Waals surface area contributed by atoms with Gasteiger partial charge in [0.15, 0.2) is 0 Å². The SMILES string of the molecule is CCCCC(C)C(=O)OCC/C=C/CCOC(=O)C(C)CCCC. The maximum absolute atomic E-state index is 11.7. The predicted molar refractivity (Wildman–Crippen MR) is 97.7 cm³/mol. The number of unbranched alkanes of at least 4 members (excludes halogenated alkanes) is 2. The van der Waals surface area contributed by atoms with Crippen molar-refractivity contribution in [1.29, 1.82) is 0 Å². The van der Waals surface area contributed by atoms with Crippen molar-refractivity contribution in [2.75, 3.05) is 13.2 Å². The van der Waals surface area contributed by atoms with Crippen molar-refractivity contribution in [3.05, 3.63) is 12.2 Å². The van der Waals surface area contributed by atoms with Gasteiger partial charge in [0, 0.05) is 0 Å². The first-order valence-corrected chi connectivity index (χ1v) is 9.51. The molecular formula is C20H36O4. The minimum Gasteiger partial charge on any atom is -0.465 e. The third kappa shape index (κ3) is 12.1. The Hall–Kier alpha value is -1.32. The highest BCUT2D eigenvalue weighted by Gasteiger charge is 2.13. The molecule has 140 valence electrons. The normalized spacial score (nSPS) is 13.7. The third-order valence-corrected chi connectivity index (χ3v) is 4.01. The molecule has 0 spiro atoms. The maximum Gasteiger partial charge on any atom is 0.308 e. The summed E-state index contributed by atoms with van der Waals surface area (Å²) in [7, 11) is 0. The molecule has 2 unspecified atom stereocenters. The minimum absolute atomic E-state index is 0.0111. The first-order chi connectivity index (χ1) is 11.5. The molecule has 0 N–H and O–H groups in total. The number of carbonyl (C=O) groups excluding carboxylic acids is 2. The molecule has 0 saturated heterocycles. The number of hydrogen-bond acceptors (Lipinski definition) is 4. The summed E-state index contributed by atoms with van der Waals surface area (Å²) in [5.74, 6) is -0.232. The fourth-order valence-corrected chi connectivity index (χ4v) is 2.23. The number of rotatable bonds is 14. The Kier molecular flexibility index (Phi) is 14.4. The fraction of sp³-hybridized carbons (Fsp3) is 0.800. The fourth-order valence-electron chi connectivity index (χ4n) is 2.23. The van der Waals surface area contributed by atoms with Crippen molar-refractivity contribution in [1.82, 2.24) is 0 Å². The van der Waals surface area contributed by atoms with Crippen LogP contribution >= 0.6 is 0 Å². The van der Waals surface area contributed by atoms with Crippen LogP contribution in [0.4, 0.5) is 0 Å². The summed E-state index contributed by atoms with van der Waals surface area (Å²) in [6.45, 7) is 8.91. The van der Waals surface area contributed by atoms with Gasteiger partial charge in [0.25, 0.3) is 0 Å². The largest absolute Gasteiger partial charge is 0.465 e. The van der Waals surface area contributed by atoms with Crippen molar-refractivity contribution in [2.24, 2.45) is 11.8 Å². The molecule has 4 heteroatoms. The highest BCUT2D eigenvalue weighted by atomic mass is 16.5. The topological polar surface area (TPSA) is 52.6 Å². The van der Waals surface area contributed by atoms with E-state index in [1.807, 2.05) is 26.0 Å². The zero-order valence-electron chi connectivity index (χ0n) is 16.0. The Morgan fingerprint density at radius 3 is 1.50 bits per heavy atom. The number of ether oxygens (including phenoxy) is 2. The first-order valence-electron chi connectivity index (χ1n) is 9.51. The highest BCUT2D eigenvalue weighted by molar-refractivity contribution is 5.72. The van der Waals surface area contributed by atoms with E-state index in [2.05, 4.69) is 13.8 Å². The summed E-state index contributed by atoms with van der Waals surface area (Å²) in [5.41, 5.74) is 0. The summed E-state index contributed by atoms with van der Waals surface area (Å²) in [6, 6.07) is 0. The van der Waals surface area contributed by atoms with Crippen LogP contribution in [-0.2, 0) is 19.1 Å². The Morgan fingerprint density at radius 1 is 0.792 bits per heavy atom. The molecule has 0 saturated carbocycles. The van der Waals surface area contributed by atoms with Gasteiger partial charge in [0.1, 0.15) is 0 Å². The van der Waals surface area contributed by atoms with Gasteiger partial charge in [-0.1, -0.05) is 65.5 Å². The molecule has 0 aliphatic heterocycles. The molecule has 0 aromatic heterocycles. The maximum atomic E-state index is 11.7. The molecule has 0 rings (SSSR count). The molecule has 24 heavy (non-hydrogen) atoms. The summed E-state index contributed by atoms with van der Waals surface area (Å²) in [4.78, 5) is 23.4. The molecule has 2 atom stereocenters. The molecule has 0 heterocycles. The van der Waals surface area contributed by atoms with Crippen molar-refractivity contribution >= 4 is 11.9 Å². The van der Waals surface area contributed by atoms with Crippen LogP contribution in [0, 0.1) is 11.8 Å². The van der Waals surface area contributed by atoms with Gasteiger partial charge in [0.2, 0.25) is 0 Å². The molecule has 0 amide bonds. The smallest absolute Gasteiger partial charge is 0.308 e. The van der Waals surface area contributed by atoms with Crippen LogP contribution in [0.2, 0.25) is 0 Å². The second-order valence-corrected chi connectivity index (χ2v) is 6.47. The Labute approximate surface area is 148 Å². The monoisotopic (exact) mass is 340 g/mol. The van der Waals surface area contributed by atoms with E-state index in [4.69, 9.17) is 9.47 Å². The molecular weight excluding hydrogens is 304 g/mol. The average molecular weight is 341 g/mol. The molecule has 0 aromatic rings. The van der Waals surface area contributed by atoms with Gasteiger partial charge in [-0.25, -0.2) is 0 Å². The second-order valence-electron chi connectivity index (χ2n) is 6.47. The number of hydrogen-bond donors (Lipinski definition) is 0. The van der Waals surface area contributed by atoms with Crippen molar-refractivity contribution in [3.63, 3.8) is 0 Å². The van der Waals surface area contributed by atoms with Gasteiger partial charge < -0.3 is 9.47 Å². The number of carbonyl (C=O) groups is 2. The lowest BCUT2D eigenvalue weighted by Crippen LogP contribution is -2.15. The molecule has 0 aliphatic carbocycles. The van der Waals surface area contributed by atoms with E-state index in [1.165, 1.54) is 0 Å². The van der Waals surface area contributed by atoms with Gasteiger partial charge in [-0.2, -0.15) is 0 Å². The van der Waals surface area contributed by atoms with Gasteiger partial charge in [-0.15, -0.1) is 0 Å². The van der Waals surface area contributed by atoms with E-state index in [0.717, 1.165) is 38.5 Å². The van der Waals surface area contributed by atoms with Crippen LogP contribution in [-0.4, -0.2) is 25.2 Å². The quantitative estimate of drug-likeness (QED) is 0.252. The standard InChI is InChI=1S/C20H36O4/c1-5-7-13-17(3)19(21)23-15-11-9-10-12-16-24-20(22)18(4)14-8-6-2/h9-10,17-18H,5-8,11-16H2,1-4H3/b10-9+. The van der Waals surface area contributed by atoms with Crippen LogP contribution in [0.15, 0.2) is 12.2 Å². The molecule has 0 aromatic carbocycles. The molecule has 4 nitrogen and oxygen atoms in total. The van der Waals surface area contributed by atoms with Crippen LogP contribution in [0.3, 0.4) is 0 Å². The Morgan fingerprint density at radius 2 is 1.17 bits per heavy atom. The summed E-state index contributed by atoms with van der Waals surface area (Å²) >= 11 is 0. The van der Waals surface area contributed by atoms with Gasteiger partial charge >= 0.3 is 11.9 Å². The van der Waals surface area contributed by atoms with Crippen molar-refractivity contribution < 1.29 is 19.1 Å². The van der Waals surface area contributed by atoms with Crippen molar-refractivity contribution in [2.45, 2.75) is 79.1 Å². The summed E-state index contributed by atoms with van der Waals surface area (Å²) in [6.07, 6.45) is 11.5. The van der Waals surface area contributed by atoms with Crippen LogP contribution in [0.5, 0.6) is 0 Å². The second kappa shape index (κ2) is 15.2. The molecule has 0 radical (unpaired) electrons. The summed E-state index contributed by atoms with van der Waals surface area (Å²) in [5, 5.41) is 0. The Balaban J connectivity index is 3.62. The van der Waals surface area contributed by atoms with E-state index in [0.29, 0.717) is 26.1 Å². The van der Waals surface area contributed by atoms with Crippen LogP contribution in [0.25, 0.3) is 0 Å². The zero-order valence-corrected chi connectivity index (χ0v) is 16.0. The zero-order chi connectivity index (χ0) is 18.2. The highest BCUT2D eigenvalue weighted by Crippen LogP contribution is 2.10.